The predicted molar refractivity (Wildman–Crippen MR) is 90.8 cm³/mol. The number of amides is 1. The van der Waals surface area contributed by atoms with Crippen molar-refractivity contribution in [1.29, 1.82) is 0 Å². The van der Waals surface area contributed by atoms with Crippen molar-refractivity contribution < 1.29 is 14.3 Å². The lowest BCUT2D eigenvalue weighted by molar-refractivity contribution is -0.122. The molecule has 7 heteroatoms. The number of carbonyl (C=O) groups is 1. The van der Waals surface area contributed by atoms with Crippen LogP contribution in [0, 0.1) is 0 Å². The number of carbonyl (C=O) groups excluding carboxylic acids is 1. The number of anilines is 1. The van der Waals surface area contributed by atoms with Gasteiger partial charge in [-0.05, 0) is 26.0 Å². The van der Waals surface area contributed by atoms with Gasteiger partial charge in [0.15, 0.2) is 0 Å². The Morgan fingerprint density at radius 1 is 1.21 bits per heavy atom. The molecule has 1 amide bonds. The molecule has 126 valence electrons. The van der Waals surface area contributed by atoms with Gasteiger partial charge in [-0.2, -0.15) is 0 Å². The Morgan fingerprint density at radius 2 is 1.96 bits per heavy atom. The Balaban J connectivity index is 2.03. The van der Waals surface area contributed by atoms with Crippen molar-refractivity contribution in [3.8, 4) is 11.5 Å². The topological polar surface area (TPSA) is 64.5 Å². The van der Waals surface area contributed by atoms with Gasteiger partial charge in [0, 0.05) is 17.2 Å². The third-order valence-electron chi connectivity index (χ3n) is 4.26. The number of ether oxygens (including phenoxy) is 2. The third kappa shape index (κ3) is 2.47. The van der Waals surface area contributed by atoms with Gasteiger partial charge in [-0.1, -0.05) is 11.6 Å². The van der Waals surface area contributed by atoms with Crippen LogP contribution in [0.5, 0.6) is 11.5 Å². The average molecular weight is 348 g/mol. The number of nitrogens with zero attached hydrogens (tertiary/aromatic N) is 3. The normalized spacial score (nSPS) is 15.4. The van der Waals surface area contributed by atoms with E-state index >= 15 is 0 Å². The number of rotatable bonds is 4. The molecule has 24 heavy (non-hydrogen) atoms. The van der Waals surface area contributed by atoms with Crippen LogP contribution >= 0.6 is 11.6 Å². The van der Waals surface area contributed by atoms with Gasteiger partial charge in [-0.25, -0.2) is 9.97 Å². The maximum atomic E-state index is 12.9. The molecule has 3 rings (SSSR count). The predicted octanol–water partition coefficient (Wildman–Crippen LogP) is 2.97. The molecule has 1 aliphatic rings. The average Bonchev–Trinajstić information content (AvgIpc) is 2.76. The van der Waals surface area contributed by atoms with E-state index in [4.69, 9.17) is 21.1 Å². The van der Waals surface area contributed by atoms with Gasteiger partial charge in [0.05, 0.1) is 26.2 Å². The minimum atomic E-state index is -0.770. The van der Waals surface area contributed by atoms with E-state index < -0.39 is 5.41 Å². The highest BCUT2D eigenvalue weighted by atomic mass is 35.5. The van der Waals surface area contributed by atoms with E-state index in [1.807, 2.05) is 26.0 Å². The summed E-state index contributed by atoms with van der Waals surface area (Å²) in [7, 11) is 3.18. The molecule has 0 fully saturated rings. The Labute approximate surface area is 145 Å². The summed E-state index contributed by atoms with van der Waals surface area (Å²) in [6.07, 6.45) is 1.37. The van der Waals surface area contributed by atoms with Crippen LogP contribution in [-0.2, 0) is 16.8 Å². The van der Waals surface area contributed by atoms with Crippen molar-refractivity contribution in [2.24, 2.45) is 0 Å². The van der Waals surface area contributed by atoms with Gasteiger partial charge in [0.1, 0.15) is 28.8 Å². The molecule has 1 aromatic heterocycles. The van der Waals surface area contributed by atoms with Crippen molar-refractivity contribution in [2.45, 2.75) is 25.8 Å². The minimum absolute atomic E-state index is 0.0715. The van der Waals surface area contributed by atoms with E-state index in [9.17, 15) is 4.79 Å². The third-order valence-corrected chi connectivity index (χ3v) is 4.55. The second kappa shape index (κ2) is 5.94. The highest BCUT2D eigenvalue weighted by molar-refractivity contribution is 6.31. The van der Waals surface area contributed by atoms with E-state index in [0.29, 0.717) is 34.6 Å². The van der Waals surface area contributed by atoms with Crippen molar-refractivity contribution in [2.75, 3.05) is 19.1 Å². The molecule has 2 aromatic rings. The van der Waals surface area contributed by atoms with Gasteiger partial charge >= 0.3 is 0 Å². The van der Waals surface area contributed by atoms with E-state index in [0.717, 1.165) is 5.56 Å². The summed E-state index contributed by atoms with van der Waals surface area (Å²) in [6.45, 7) is 3.99. The van der Waals surface area contributed by atoms with Crippen LogP contribution in [0.15, 0.2) is 24.5 Å². The molecular formula is C17H18ClN3O3. The summed E-state index contributed by atoms with van der Waals surface area (Å²) in [5, 5.41) is 0.308. The van der Waals surface area contributed by atoms with Gasteiger partial charge in [-0.15, -0.1) is 0 Å². The van der Waals surface area contributed by atoms with E-state index in [1.54, 1.807) is 25.2 Å². The smallest absolute Gasteiger partial charge is 0.238 e. The number of methoxy groups -OCH3 is 2. The van der Waals surface area contributed by atoms with Crippen molar-refractivity contribution in [3.63, 3.8) is 0 Å². The van der Waals surface area contributed by atoms with Gasteiger partial charge in [0.25, 0.3) is 0 Å². The van der Waals surface area contributed by atoms with E-state index in [2.05, 4.69) is 9.97 Å². The monoisotopic (exact) mass is 347 g/mol. The molecule has 0 spiro atoms. The van der Waals surface area contributed by atoms with Crippen LogP contribution in [0.2, 0.25) is 5.15 Å². The van der Waals surface area contributed by atoms with Gasteiger partial charge < -0.3 is 9.47 Å². The first-order chi connectivity index (χ1) is 11.4. The molecule has 0 saturated heterocycles. The van der Waals surface area contributed by atoms with E-state index in [1.165, 1.54) is 6.33 Å². The summed E-state index contributed by atoms with van der Waals surface area (Å²) < 4.78 is 10.6. The Hall–Kier alpha value is -2.34. The Morgan fingerprint density at radius 3 is 2.62 bits per heavy atom. The number of benzene rings is 1. The molecule has 0 unspecified atom stereocenters. The number of halogens is 1. The number of hydrogen-bond acceptors (Lipinski definition) is 5. The maximum Gasteiger partial charge on any atom is 0.238 e. The summed E-state index contributed by atoms with van der Waals surface area (Å²) in [5.74, 6) is 1.81. The highest BCUT2D eigenvalue weighted by Crippen LogP contribution is 2.44. The molecule has 0 aliphatic carbocycles. The maximum absolute atomic E-state index is 12.9. The SMILES string of the molecule is COc1ccc(CN2C(=O)C(C)(C)c3c(Cl)ncnc32)c(OC)c1. The van der Waals surface area contributed by atoms with Crippen LogP contribution in [0.1, 0.15) is 25.0 Å². The van der Waals surface area contributed by atoms with Crippen molar-refractivity contribution >= 4 is 23.3 Å². The molecule has 6 nitrogen and oxygen atoms in total. The molecule has 1 aliphatic heterocycles. The minimum Gasteiger partial charge on any atom is -0.497 e. The van der Waals surface area contributed by atoms with Crippen LogP contribution < -0.4 is 14.4 Å². The zero-order valence-electron chi connectivity index (χ0n) is 14.0. The van der Waals surface area contributed by atoms with Crippen LogP contribution in [0.4, 0.5) is 5.82 Å². The first-order valence-corrected chi connectivity index (χ1v) is 7.81. The molecule has 0 radical (unpaired) electrons. The molecule has 2 heterocycles. The molecule has 0 bridgehead atoms. The molecule has 0 N–H and O–H groups in total. The first kappa shape index (κ1) is 16.5. The number of hydrogen-bond donors (Lipinski definition) is 0. The first-order valence-electron chi connectivity index (χ1n) is 7.44. The largest absolute Gasteiger partial charge is 0.497 e. The summed E-state index contributed by atoms with van der Waals surface area (Å²) in [5.41, 5.74) is 0.738. The highest BCUT2D eigenvalue weighted by Gasteiger charge is 2.47. The molecule has 1 aromatic carbocycles. The van der Waals surface area contributed by atoms with Gasteiger partial charge in [0.2, 0.25) is 5.91 Å². The second-order valence-electron chi connectivity index (χ2n) is 6.06. The molecule has 0 saturated carbocycles. The lowest BCUT2D eigenvalue weighted by Crippen LogP contribution is -2.36. The Bertz CT molecular complexity index is 808. The quantitative estimate of drug-likeness (QED) is 0.795. The van der Waals surface area contributed by atoms with Crippen molar-refractivity contribution in [1.82, 2.24) is 9.97 Å². The van der Waals surface area contributed by atoms with Gasteiger partial charge in [-0.3, -0.25) is 9.69 Å². The fourth-order valence-electron chi connectivity index (χ4n) is 2.94. The zero-order valence-corrected chi connectivity index (χ0v) is 14.7. The summed E-state index contributed by atoms with van der Waals surface area (Å²) >= 11 is 6.21. The fourth-order valence-corrected chi connectivity index (χ4v) is 3.30. The number of aromatic nitrogens is 2. The lowest BCUT2D eigenvalue weighted by Gasteiger charge is -2.21. The standard InChI is InChI=1S/C17H18ClN3O3/c1-17(2)13-14(18)19-9-20-15(13)21(16(17)22)8-10-5-6-11(23-3)7-12(10)24-4/h5-7,9H,8H2,1-4H3. The Kier molecular flexibility index (Phi) is 4.09. The zero-order chi connectivity index (χ0) is 17.5. The number of fused-ring (bicyclic) bond motifs is 1. The van der Waals surface area contributed by atoms with Crippen molar-refractivity contribution in [3.05, 3.63) is 40.8 Å². The fraction of sp³-hybridized carbons (Fsp3) is 0.353. The molecule has 0 atom stereocenters. The van der Waals surface area contributed by atoms with Crippen LogP contribution in [0.3, 0.4) is 0 Å². The van der Waals surface area contributed by atoms with E-state index in [-0.39, 0.29) is 5.91 Å². The lowest BCUT2D eigenvalue weighted by atomic mass is 9.88. The molecular weight excluding hydrogens is 330 g/mol. The van der Waals surface area contributed by atoms with Crippen LogP contribution in [0.25, 0.3) is 0 Å². The summed E-state index contributed by atoms with van der Waals surface area (Å²) in [6, 6.07) is 5.49. The summed E-state index contributed by atoms with van der Waals surface area (Å²) in [4.78, 5) is 22.8. The second-order valence-corrected chi connectivity index (χ2v) is 6.42. The van der Waals surface area contributed by atoms with Crippen LogP contribution in [-0.4, -0.2) is 30.1 Å².